The molecule has 0 unspecified atom stereocenters. The number of nitriles is 1. The lowest BCUT2D eigenvalue weighted by Gasteiger charge is -2.38. The van der Waals surface area contributed by atoms with Crippen molar-refractivity contribution < 1.29 is 13.2 Å². The molecule has 4 rings (SSSR count). The van der Waals surface area contributed by atoms with Gasteiger partial charge >= 0.3 is 6.18 Å². The average molecular weight is 414 g/mol. The number of aromatic nitrogens is 1. The van der Waals surface area contributed by atoms with Crippen LogP contribution < -0.4 is 0 Å². The van der Waals surface area contributed by atoms with Crippen LogP contribution in [0.4, 0.5) is 13.2 Å². The molecule has 0 N–H and O–H groups in total. The lowest BCUT2D eigenvalue weighted by atomic mass is 9.64. The maximum atomic E-state index is 14.2. The van der Waals surface area contributed by atoms with Gasteiger partial charge in [-0.05, 0) is 34.4 Å². The Bertz CT molecular complexity index is 1170. The summed E-state index contributed by atoms with van der Waals surface area (Å²) in [5.41, 5.74) is 0.186. The minimum absolute atomic E-state index is 0.103. The lowest BCUT2D eigenvalue weighted by Crippen LogP contribution is -2.33. The number of rotatable bonds is 4. The Morgan fingerprint density at radius 1 is 0.613 bits per heavy atom. The molecule has 0 saturated heterocycles. The third kappa shape index (κ3) is 3.57. The molecule has 1 heterocycles. The molecule has 0 aliphatic rings. The van der Waals surface area contributed by atoms with Crippen LogP contribution in [0.1, 0.15) is 33.5 Å². The third-order valence-electron chi connectivity index (χ3n) is 5.36. The molecule has 2 nitrogen and oxygen atoms in total. The van der Waals surface area contributed by atoms with Crippen molar-refractivity contribution in [3.8, 4) is 6.07 Å². The lowest BCUT2D eigenvalue weighted by molar-refractivity contribution is -0.138. The predicted octanol–water partition coefficient (Wildman–Crippen LogP) is 6.35. The predicted molar refractivity (Wildman–Crippen MR) is 112 cm³/mol. The van der Waals surface area contributed by atoms with E-state index in [4.69, 9.17) is 0 Å². The van der Waals surface area contributed by atoms with E-state index in [1.807, 2.05) is 42.5 Å². The van der Waals surface area contributed by atoms with Crippen molar-refractivity contribution in [3.63, 3.8) is 0 Å². The van der Waals surface area contributed by atoms with Gasteiger partial charge in [0, 0.05) is 6.20 Å². The van der Waals surface area contributed by atoms with Gasteiger partial charge in [0.15, 0.2) is 0 Å². The first-order chi connectivity index (χ1) is 15.0. The summed E-state index contributed by atoms with van der Waals surface area (Å²) < 4.78 is 42.6. The highest BCUT2D eigenvalue weighted by molar-refractivity contribution is 5.61. The fourth-order valence-electron chi connectivity index (χ4n) is 4.08. The molecule has 0 aliphatic carbocycles. The largest absolute Gasteiger partial charge is 0.416 e. The molecule has 0 bridgehead atoms. The zero-order valence-electron chi connectivity index (χ0n) is 16.3. The SMILES string of the molecule is N#Cc1ccc(C(c2ccccc2)(c2ccccc2)c2ccccc2C(F)(F)F)cn1. The Morgan fingerprint density at radius 2 is 1.13 bits per heavy atom. The number of hydrogen-bond acceptors (Lipinski definition) is 2. The van der Waals surface area contributed by atoms with Crippen LogP contribution in [0.2, 0.25) is 0 Å². The first-order valence-electron chi connectivity index (χ1n) is 9.62. The maximum absolute atomic E-state index is 14.2. The molecule has 152 valence electrons. The van der Waals surface area contributed by atoms with Crippen molar-refractivity contribution in [2.75, 3.05) is 0 Å². The van der Waals surface area contributed by atoms with Crippen molar-refractivity contribution in [1.82, 2.24) is 4.98 Å². The van der Waals surface area contributed by atoms with Gasteiger partial charge in [0.1, 0.15) is 11.8 Å². The summed E-state index contributed by atoms with van der Waals surface area (Å²) in [4.78, 5) is 4.19. The number of alkyl halides is 3. The van der Waals surface area contributed by atoms with Crippen molar-refractivity contribution in [2.45, 2.75) is 11.6 Å². The highest BCUT2D eigenvalue weighted by Crippen LogP contribution is 2.48. The summed E-state index contributed by atoms with van der Waals surface area (Å²) in [6.07, 6.45) is -3.06. The number of halogens is 3. The summed E-state index contributed by atoms with van der Waals surface area (Å²) in [5, 5.41) is 9.17. The zero-order chi connectivity index (χ0) is 21.9. The molecule has 3 aromatic carbocycles. The second-order valence-corrected chi connectivity index (χ2v) is 7.07. The van der Waals surface area contributed by atoms with Crippen molar-refractivity contribution in [2.24, 2.45) is 0 Å². The van der Waals surface area contributed by atoms with Crippen molar-refractivity contribution in [3.05, 3.63) is 137 Å². The number of benzene rings is 3. The number of pyridine rings is 1. The van der Waals surface area contributed by atoms with Crippen molar-refractivity contribution >= 4 is 0 Å². The second kappa shape index (κ2) is 8.08. The first-order valence-corrected chi connectivity index (χ1v) is 9.62. The fourth-order valence-corrected chi connectivity index (χ4v) is 4.08. The van der Waals surface area contributed by atoms with Gasteiger partial charge in [-0.15, -0.1) is 0 Å². The molecule has 5 heteroatoms. The van der Waals surface area contributed by atoms with Crippen LogP contribution >= 0.6 is 0 Å². The van der Waals surface area contributed by atoms with Crippen LogP contribution in [0.15, 0.2) is 103 Å². The molecule has 4 aromatic rings. The minimum Gasteiger partial charge on any atom is -0.245 e. The van der Waals surface area contributed by atoms with E-state index in [-0.39, 0.29) is 11.3 Å². The molecule has 0 saturated carbocycles. The quantitative estimate of drug-likeness (QED) is 0.365. The molecule has 0 aliphatic heterocycles. The van der Waals surface area contributed by atoms with E-state index >= 15 is 0 Å². The topological polar surface area (TPSA) is 36.7 Å². The summed E-state index contributed by atoms with van der Waals surface area (Å²) >= 11 is 0. The Labute approximate surface area is 178 Å². The average Bonchev–Trinajstić information content (AvgIpc) is 2.81. The first kappa shape index (κ1) is 20.4. The van der Waals surface area contributed by atoms with Crippen LogP contribution in [0, 0.1) is 11.3 Å². The highest BCUT2D eigenvalue weighted by Gasteiger charge is 2.45. The van der Waals surface area contributed by atoms with E-state index in [9.17, 15) is 18.4 Å². The molecule has 0 atom stereocenters. The van der Waals surface area contributed by atoms with Gasteiger partial charge in [-0.25, -0.2) is 4.98 Å². The molecule has 1 aromatic heterocycles. The normalized spacial score (nSPS) is 11.7. The monoisotopic (exact) mass is 414 g/mol. The van der Waals surface area contributed by atoms with Crippen LogP contribution in [-0.2, 0) is 11.6 Å². The molecule has 0 spiro atoms. The molecule has 31 heavy (non-hydrogen) atoms. The summed E-state index contributed by atoms with van der Waals surface area (Å²) in [6, 6.07) is 29.0. The Balaban J connectivity index is 2.19. The molecular weight excluding hydrogens is 397 g/mol. The summed E-state index contributed by atoms with van der Waals surface area (Å²) in [6.45, 7) is 0. The summed E-state index contributed by atoms with van der Waals surface area (Å²) in [5.74, 6) is 0. The Kier molecular flexibility index (Phi) is 5.31. The maximum Gasteiger partial charge on any atom is 0.416 e. The van der Waals surface area contributed by atoms with E-state index in [2.05, 4.69) is 4.98 Å². The zero-order valence-corrected chi connectivity index (χ0v) is 16.3. The molecule has 0 fully saturated rings. The fraction of sp³-hybridized carbons (Fsp3) is 0.0769. The van der Waals surface area contributed by atoms with Crippen LogP contribution in [-0.4, -0.2) is 4.98 Å². The van der Waals surface area contributed by atoms with Crippen LogP contribution in [0.5, 0.6) is 0 Å². The van der Waals surface area contributed by atoms with Gasteiger partial charge in [-0.1, -0.05) is 84.9 Å². The molecule has 0 amide bonds. The van der Waals surface area contributed by atoms with Gasteiger partial charge in [-0.2, -0.15) is 18.4 Å². The van der Waals surface area contributed by atoms with Crippen molar-refractivity contribution in [1.29, 1.82) is 5.26 Å². The van der Waals surface area contributed by atoms with Crippen LogP contribution in [0.3, 0.4) is 0 Å². The Hall–Kier alpha value is -3.91. The summed E-state index contributed by atoms with van der Waals surface area (Å²) in [7, 11) is 0. The Morgan fingerprint density at radius 3 is 1.58 bits per heavy atom. The van der Waals surface area contributed by atoms with Gasteiger partial charge in [0.2, 0.25) is 0 Å². The number of hydrogen-bond donors (Lipinski definition) is 0. The van der Waals surface area contributed by atoms with E-state index in [1.165, 1.54) is 24.4 Å². The van der Waals surface area contributed by atoms with E-state index in [0.29, 0.717) is 16.7 Å². The third-order valence-corrected chi connectivity index (χ3v) is 5.36. The molecule has 0 radical (unpaired) electrons. The smallest absolute Gasteiger partial charge is 0.245 e. The van der Waals surface area contributed by atoms with Crippen LogP contribution in [0.25, 0.3) is 0 Å². The second-order valence-electron chi connectivity index (χ2n) is 7.07. The number of nitrogens with zero attached hydrogens (tertiary/aromatic N) is 2. The highest BCUT2D eigenvalue weighted by atomic mass is 19.4. The van der Waals surface area contributed by atoms with E-state index < -0.39 is 17.2 Å². The van der Waals surface area contributed by atoms with E-state index in [1.54, 1.807) is 36.4 Å². The standard InChI is InChI=1S/C26H17F3N2/c27-26(28,29)24-14-8-7-13-23(24)25(19-9-3-1-4-10-19,20-11-5-2-6-12-20)21-15-16-22(17-30)31-18-21/h1-16,18H. The molecular formula is C26H17F3N2. The van der Waals surface area contributed by atoms with E-state index in [0.717, 1.165) is 6.07 Å². The van der Waals surface area contributed by atoms with Gasteiger partial charge < -0.3 is 0 Å². The minimum atomic E-state index is -4.55. The van der Waals surface area contributed by atoms with Gasteiger partial charge in [0.05, 0.1) is 11.0 Å². The van der Waals surface area contributed by atoms with Gasteiger partial charge in [0.25, 0.3) is 0 Å². The van der Waals surface area contributed by atoms with Gasteiger partial charge in [-0.3, -0.25) is 0 Å².